The number of halogens is 1. The van der Waals surface area contributed by atoms with Gasteiger partial charge in [-0.25, -0.2) is 8.42 Å². The fraction of sp³-hybridized carbons (Fsp3) is 0.526. The molecular formula is C19H27ClN2O3S. The number of anilines is 1. The fourth-order valence-corrected chi connectivity index (χ4v) is 4.27. The van der Waals surface area contributed by atoms with E-state index in [1.807, 2.05) is 0 Å². The summed E-state index contributed by atoms with van der Waals surface area (Å²) < 4.78 is 25.7. The summed E-state index contributed by atoms with van der Waals surface area (Å²) in [4.78, 5) is 12.0. The Labute approximate surface area is 161 Å². The first-order valence-electron chi connectivity index (χ1n) is 8.96. The quantitative estimate of drug-likeness (QED) is 0.677. The molecule has 0 unspecified atom stereocenters. The van der Waals surface area contributed by atoms with Crippen LogP contribution in [0.4, 0.5) is 5.69 Å². The second-order valence-electron chi connectivity index (χ2n) is 6.71. The normalized spacial score (nSPS) is 14.7. The van der Waals surface area contributed by atoms with Gasteiger partial charge in [0.1, 0.15) is 0 Å². The lowest BCUT2D eigenvalue weighted by Crippen LogP contribution is -2.33. The van der Waals surface area contributed by atoms with Crippen molar-refractivity contribution < 1.29 is 13.2 Å². The summed E-state index contributed by atoms with van der Waals surface area (Å²) in [6.45, 7) is 2.64. The molecule has 1 N–H and O–H groups in total. The van der Waals surface area contributed by atoms with Crippen molar-refractivity contribution in [3.05, 3.63) is 40.4 Å². The zero-order valence-electron chi connectivity index (χ0n) is 15.4. The van der Waals surface area contributed by atoms with E-state index in [2.05, 4.69) is 11.4 Å². The molecule has 0 fully saturated rings. The van der Waals surface area contributed by atoms with Gasteiger partial charge in [-0.05, 0) is 56.7 Å². The molecule has 0 heterocycles. The maximum atomic E-state index is 12.2. The summed E-state index contributed by atoms with van der Waals surface area (Å²) in [7, 11) is -3.45. The number of rotatable bonds is 8. The van der Waals surface area contributed by atoms with Crippen LogP contribution in [0.3, 0.4) is 0 Å². The molecule has 1 amide bonds. The van der Waals surface area contributed by atoms with Crippen LogP contribution in [-0.2, 0) is 14.8 Å². The van der Waals surface area contributed by atoms with Crippen LogP contribution in [-0.4, -0.2) is 33.7 Å². The van der Waals surface area contributed by atoms with Crippen molar-refractivity contribution in [1.29, 1.82) is 0 Å². The zero-order chi connectivity index (χ0) is 19.2. The Morgan fingerprint density at radius 2 is 2.08 bits per heavy atom. The van der Waals surface area contributed by atoms with Gasteiger partial charge in [0.2, 0.25) is 15.9 Å². The predicted molar refractivity (Wildman–Crippen MR) is 107 cm³/mol. The molecule has 2 rings (SSSR count). The Bertz CT molecular complexity index is 775. The molecule has 0 atom stereocenters. The number of nitrogens with zero attached hydrogens (tertiary/aromatic N) is 1. The lowest BCUT2D eigenvalue weighted by molar-refractivity contribution is -0.120. The molecule has 26 heavy (non-hydrogen) atoms. The first-order chi connectivity index (χ1) is 12.3. The van der Waals surface area contributed by atoms with Crippen molar-refractivity contribution in [3.8, 4) is 0 Å². The van der Waals surface area contributed by atoms with Gasteiger partial charge < -0.3 is 5.32 Å². The highest BCUT2D eigenvalue weighted by Crippen LogP contribution is 2.28. The number of hydrogen-bond donors (Lipinski definition) is 1. The highest BCUT2D eigenvalue weighted by Gasteiger charge is 2.20. The highest BCUT2D eigenvalue weighted by atomic mass is 35.5. The third-order valence-corrected chi connectivity index (χ3v) is 6.16. The van der Waals surface area contributed by atoms with E-state index < -0.39 is 10.0 Å². The standard InChI is InChI=1S/C19H27ClN2O3S/c1-15-17(20)10-6-11-18(15)22(26(2,24)25)13-7-12-19(23)21-14-16-8-4-3-5-9-16/h6,8,10-11H,3-5,7,9,12-14H2,1-2H3,(H,21,23). The van der Waals surface area contributed by atoms with Crippen molar-refractivity contribution in [1.82, 2.24) is 5.32 Å². The van der Waals surface area contributed by atoms with Crippen molar-refractivity contribution in [3.63, 3.8) is 0 Å². The molecule has 0 aliphatic heterocycles. The van der Waals surface area contributed by atoms with E-state index >= 15 is 0 Å². The maximum Gasteiger partial charge on any atom is 0.232 e. The topological polar surface area (TPSA) is 66.5 Å². The Morgan fingerprint density at radius 3 is 2.73 bits per heavy atom. The summed E-state index contributed by atoms with van der Waals surface area (Å²) in [6.07, 6.45) is 8.66. The SMILES string of the molecule is Cc1c(Cl)cccc1N(CCCC(=O)NCC1=CCCCC1)S(C)(=O)=O. The Balaban J connectivity index is 1.90. The summed E-state index contributed by atoms with van der Waals surface area (Å²) in [5.41, 5.74) is 2.57. The molecule has 7 heteroatoms. The van der Waals surface area contributed by atoms with Gasteiger partial charge in [-0.1, -0.05) is 29.3 Å². The molecule has 0 spiro atoms. The zero-order valence-corrected chi connectivity index (χ0v) is 17.0. The largest absolute Gasteiger partial charge is 0.352 e. The monoisotopic (exact) mass is 398 g/mol. The highest BCUT2D eigenvalue weighted by molar-refractivity contribution is 7.92. The second-order valence-corrected chi connectivity index (χ2v) is 9.02. The van der Waals surface area contributed by atoms with Gasteiger partial charge in [-0.15, -0.1) is 0 Å². The molecule has 0 saturated carbocycles. The van der Waals surface area contributed by atoms with Crippen LogP contribution in [0, 0.1) is 6.92 Å². The average molecular weight is 399 g/mol. The van der Waals surface area contributed by atoms with Crippen molar-refractivity contribution in [2.24, 2.45) is 0 Å². The molecule has 1 aromatic carbocycles. The van der Waals surface area contributed by atoms with Crippen LogP contribution in [0.1, 0.15) is 44.1 Å². The van der Waals surface area contributed by atoms with E-state index in [0.29, 0.717) is 35.7 Å². The number of carbonyl (C=O) groups is 1. The van der Waals surface area contributed by atoms with Gasteiger partial charge >= 0.3 is 0 Å². The minimum atomic E-state index is -3.45. The number of carbonyl (C=O) groups excluding carboxylic acids is 1. The third-order valence-electron chi connectivity index (χ3n) is 4.57. The summed E-state index contributed by atoms with van der Waals surface area (Å²) in [6, 6.07) is 5.19. The smallest absolute Gasteiger partial charge is 0.232 e. The van der Waals surface area contributed by atoms with Gasteiger partial charge in [0.15, 0.2) is 0 Å². The Kier molecular flexibility index (Phi) is 7.53. The van der Waals surface area contributed by atoms with E-state index in [1.165, 1.54) is 29.0 Å². The Hall–Kier alpha value is -1.53. The molecule has 0 radical (unpaired) electrons. The maximum absolute atomic E-state index is 12.2. The van der Waals surface area contributed by atoms with Crippen molar-refractivity contribution >= 4 is 33.2 Å². The number of hydrogen-bond acceptors (Lipinski definition) is 3. The summed E-state index contributed by atoms with van der Waals surface area (Å²) >= 11 is 6.12. The number of amides is 1. The van der Waals surface area contributed by atoms with E-state index in [1.54, 1.807) is 25.1 Å². The molecule has 1 aliphatic carbocycles. The van der Waals surface area contributed by atoms with Crippen LogP contribution in [0.15, 0.2) is 29.8 Å². The first-order valence-corrected chi connectivity index (χ1v) is 11.2. The van der Waals surface area contributed by atoms with Crippen LogP contribution in [0.5, 0.6) is 0 Å². The van der Waals surface area contributed by atoms with Crippen LogP contribution >= 0.6 is 11.6 Å². The molecular weight excluding hydrogens is 372 g/mol. The molecule has 144 valence electrons. The lowest BCUT2D eigenvalue weighted by Gasteiger charge is -2.24. The van der Waals surface area contributed by atoms with E-state index in [9.17, 15) is 13.2 Å². The molecule has 0 saturated heterocycles. The van der Waals surface area contributed by atoms with E-state index in [-0.39, 0.29) is 12.5 Å². The number of allylic oxidation sites excluding steroid dienone is 1. The van der Waals surface area contributed by atoms with Gasteiger partial charge in [0, 0.05) is 24.5 Å². The van der Waals surface area contributed by atoms with Gasteiger partial charge in [-0.2, -0.15) is 0 Å². The van der Waals surface area contributed by atoms with Crippen molar-refractivity contribution in [2.75, 3.05) is 23.7 Å². The number of sulfonamides is 1. The second kappa shape index (κ2) is 9.42. The number of nitrogens with one attached hydrogen (secondary N) is 1. The predicted octanol–water partition coefficient (Wildman–Crippen LogP) is 3.81. The lowest BCUT2D eigenvalue weighted by atomic mass is 10.00. The molecule has 5 nitrogen and oxygen atoms in total. The fourth-order valence-electron chi connectivity index (χ4n) is 3.08. The van der Waals surface area contributed by atoms with Gasteiger partial charge in [0.05, 0.1) is 11.9 Å². The van der Waals surface area contributed by atoms with E-state index in [0.717, 1.165) is 12.8 Å². The van der Waals surface area contributed by atoms with Crippen molar-refractivity contribution in [2.45, 2.75) is 45.4 Å². The molecule has 0 aromatic heterocycles. The summed E-state index contributed by atoms with van der Waals surface area (Å²) in [5, 5.41) is 3.45. The van der Waals surface area contributed by atoms with E-state index in [4.69, 9.17) is 11.6 Å². The average Bonchev–Trinajstić information content (AvgIpc) is 2.60. The molecule has 1 aliphatic rings. The molecule has 1 aromatic rings. The van der Waals surface area contributed by atoms with Crippen LogP contribution < -0.4 is 9.62 Å². The minimum Gasteiger partial charge on any atom is -0.352 e. The first kappa shape index (κ1) is 20.8. The molecule has 0 bridgehead atoms. The van der Waals surface area contributed by atoms with Crippen LogP contribution in [0.25, 0.3) is 0 Å². The van der Waals surface area contributed by atoms with Gasteiger partial charge in [-0.3, -0.25) is 9.10 Å². The van der Waals surface area contributed by atoms with Gasteiger partial charge in [0.25, 0.3) is 0 Å². The summed E-state index contributed by atoms with van der Waals surface area (Å²) in [5.74, 6) is -0.0484. The Morgan fingerprint density at radius 1 is 1.31 bits per heavy atom. The third kappa shape index (κ3) is 6.02. The van der Waals surface area contributed by atoms with Crippen LogP contribution in [0.2, 0.25) is 5.02 Å². The number of benzene rings is 1. The minimum absolute atomic E-state index is 0.0484.